The molecule has 0 aromatic heterocycles. The van der Waals surface area contributed by atoms with Crippen LogP contribution in [0.15, 0.2) is 42.5 Å². The third kappa shape index (κ3) is 6.29. The molecule has 2 aromatic rings. The highest BCUT2D eigenvalue weighted by molar-refractivity contribution is 5.77. The zero-order valence-electron chi connectivity index (χ0n) is 20.0. The lowest BCUT2D eigenvalue weighted by Crippen LogP contribution is -2.50. The Hall–Kier alpha value is -3.85. The van der Waals surface area contributed by atoms with Gasteiger partial charge in [-0.1, -0.05) is 12.1 Å². The van der Waals surface area contributed by atoms with Gasteiger partial charge in [0.15, 0.2) is 5.69 Å². The molecule has 2 aliphatic heterocycles. The van der Waals surface area contributed by atoms with Crippen LogP contribution in [0.5, 0.6) is 0 Å². The third-order valence-electron chi connectivity index (χ3n) is 6.71. The Morgan fingerprint density at radius 2 is 1.59 bits per heavy atom. The molecule has 0 unspecified atom stereocenters. The molecule has 2 saturated heterocycles. The molecule has 0 N–H and O–H groups in total. The molecule has 0 atom stereocenters. The molecule has 4 rings (SSSR count). The fourth-order valence-corrected chi connectivity index (χ4v) is 4.62. The van der Waals surface area contributed by atoms with Crippen molar-refractivity contribution in [2.24, 2.45) is 0 Å². The zero-order chi connectivity index (χ0) is 26.6. The summed E-state index contributed by atoms with van der Waals surface area (Å²) in [5.41, 5.74) is -0.363. The van der Waals surface area contributed by atoms with Gasteiger partial charge < -0.3 is 19.4 Å². The van der Waals surface area contributed by atoms with E-state index in [0.29, 0.717) is 57.8 Å². The smallest absolute Gasteiger partial charge is 0.371 e. The number of piperidine rings is 1. The van der Waals surface area contributed by atoms with E-state index in [1.165, 1.54) is 6.07 Å². The van der Waals surface area contributed by atoms with Gasteiger partial charge in [0.2, 0.25) is 5.91 Å². The predicted molar refractivity (Wildman–Crippen MR) is 131 cm³/mol. The van der Waals surface area contributed by atoms with Crippen LogP contribution in [0.2, 0.25) is 0 Å². The maximum absolute atomic E-state index is 13.3. The summed E-state index contributed by atoms with van der Waals surface area (Å²) in [5.74, 6) is -0.101. The monoisotopic (exact) mass is 517 g/mol. The van der Waals surface area contributed by atoms with Gasteiger partial charge in [0.1, 0.15) is 12.2 Å². The number of carbonyl (C=O) groups is 1. The molecule has 2 heterocycles. The highest BCUT2D eigenvalue weighted by Gasteiger charge is 2.39. The number of anilines is 2. The summed E-state index contributed by atoms with van der Waals surface area (Å²) in [5, 5.41) is 11.0. The number of rotatable bonds is 6. The number of nitro benzene ring substituents is 1. The van der Waals surface area contributed by atoms with Gasteiger partial charge in [-0.15, -0.1) is 0 Å². The average Bonchev–Trinajstić information content (AvgIpc) is 2.91. The van der Waals surface area contributed by atoms with Crippen LogP contribution in [0.3, 0.4) is 0 Å². The summed E-state index contributed by atoms with van der Waals surface area (Å²) in [6.07, 6.45) is -3.96. The number of alkyl halides is 3. The summed E-state index contributed by atoms with van der Waals surface area (Å²) < 4.78 is 45.7. The Labute approximate surface area is 212 Å². The number of nitro groups is 1. The van der Waals surface area contributed by atoms with Gasteiger partial charge in [-0.05, 0) is 37.1 Å². The van der Waals surface area contributed by atoms with Crippen molar-refractivity contribution in [1.82, 2.24) is 4.90 Å². The summed E-state index contributed by atoms with van der Waals surface area (Å²) >= 11 is 0. The quantitative estimate of drug-likeness (QED) is 0.319. The van der Waals surface area contributed by atoms with E-state index in [1.807, 2.05) is 12.1 Å². The number of ether oxygens (including phenoxy) is 1. The van der Waals surface area contributed by atoms with Crippen molar-refractivity contribution in [2.45, 2.75) is 25.1 Å². The molecule has 2 aromatic carbocycles. The second-order valence-corrected chi connectivity index (χ2v) is 8.95. The molecule has 0 spiro atoms. The van der Waals surface area contributed by atoms with Gasteiger partial charge in [-0.25, -0.2) is 4.85 Å². The van der Waals surface area contributed by atoms with Crippen LogP contribution in [0.25, 0.3) is 4.85 Å². The fraction of sp³-hybridized carbons (Fsp3) is 0.440. The van der Waals surface area contributed by atoms with Crippen molar-refractivity contribution in [2.75, 3.05) is 55.7 Å². The van der Waals surface area contributed by atoms with Gasteiger partial charge >= 0.3 is 6.18 Å². The number of hydrogen-bond acceptors (Lipinski definition) is 6. The van der Waals surface area contributed by atoms with E-state index in [0.717, 1.165) is 17.8 Å². The zero-order valence-corrected chi connectivity index (χ0v) is 20.0. The Kier molecular flexibility index (Phi) is 7.83. The lowest BCUT2D eigenvalue weighted by Gasteiger charge is -2.37. The van der Waals surface area contributed by atoms with E-state index in [9.17, 15) is 28.1 Å². The molecule has 0 saturated carbocycles. The van der Waals surface area contributed by atoms with E-state index >= 15 is 0 Å². The second-order valence-electron chi connectivity index (χ2n) is 8.95. The number of benzene rings is 2. The normalized spacial score (nSPS) is 17.0. The first-order valence-corrected chi connectivity index (χ1v) is 11.9. The Balaban J connectivity index is 1.23. The number of halogens is 3. The topological polar surface area (TPSA) is 83.5 Å². The number of carbonyl (C=O) groups excluding carboxylic acids is 1. The molecule has 1 amide bonds. The molecule has 196 valence electrons. The first-order valence-electron chi connectivity index (χ1n) is 11.9. The molecule has 12 heteroatoms. The van der Waals surface area contributed by atoms with Crippen LogP contribution in [0.4, 0.5) is 35.9 Å². The molecular weight excluding hydrogens is 491 g/mol. The lowest BCUT2D eigenvalue weighted by atomic mass is 10.1. The van der Waals surface area contributed by atoms with Crippen molar-refractivity contribution in [3.63, 3.8) is 0 Å². The number of amides is 1. The molecule has 0 bridgehead atoms. The van der Waals surface area contributed by atoms with Crippen molar-refractivity contribution in [3.05, 3.63) is 69.6 Å². The van der Waals surface area contributed by atoms with E-state index < -0.39 is 22.4 Å². The molecule has 2 fully saturated rings. The van der Waals surface area contributed by atoms with Crippen LogP contribution in [-0.2, 0) is 15.7 Å². The minimum atomic E-state index is -4.82. The maximum atomic E-state index is 13.3. The summed E-state index contributed by atoms with van der Waals surface area (Å²) in [6.45, 7) is 10.3. The molecule has 0 radical (unpaired) electrons. The fourth-order valence-electron chi connectivity index (χ4n) is 4.62. The van der Waals surface area contributed by atoms with Crippen molar-refractivity contribution < 1.29 is 27.6 Å². The molecule has 0 aliphatic carbocycles. The highest BCUT2D eigenvalue weighted by atomic mass is 19.4. The van der Waals surface area contributed by atoms with E-state index in [2.05, 4.69) is 9.74 Å². The molecular formula is C25H26F3N5O4. The molecule has 9 nitrogen and oxygen atoms in total. The largest absolute Gasteiger partial charge is 0.423 e. The van der Waals surface area contributed by atoms with Crippen molar-refractivity contribution in [3.8, 4) is 0 Å². The number of nitrogens with zero attached hydrogens (tertiary/aromatic N) is 5. The number of hydrogen-bond donors (Lipinski definition) is 0. The van der Waals surface area contributed by atoms with E-state index in [1.54, 1.807) is 21.9 Å². The standard InChI is InChI=1S/C25H26F3N5O4/c1-29-18-2-4-19(5-3-18)31-12-14-32(15-13-31)24(34)17-37-21-8-10-30(11-9-21)20-6-7-23(33(35)36)22(16-20)25(26,27)28/h2-7,16,21H,8-15,17H2. The van der Waals surface area contributed by atoms with Crippen LogP contribution >= 0.6 is 0 Å². The van der Waals surface area contributed by atoms with Crippen LogP contribution in [-0.4, -0.2) is 67.7 Å². The third-order valence-corrected chi connectivity index (χ3v) is 6.71. The number of piperazine rings is 1. The summed E-state index contributed by atoms with van der Waals surface area (Å²) in [7, 11) is 0. The Bertz CT molecular complexity index is 1170. The molecule has 37 heavy (non-hydrogen) atoms. The van der Waals surface area contributed by atoms with Crippen molar-refractivity contribution in [1.29, 1.82) is 0 Å². The second kappa shape index (κ2) is 11.0. The van der Waals surface area contributed by atoms with Crippen LogP contribution in [0.1, 0.15) is 18.4 Å². The van der Waals surface area contributed by atoms with Gasteiger partial charge in [-0.3, -0.25) is 14.9 Å². The highest BCUT2D eigenvalue weighted by Crippen LogP contribution is 2.38. The van der Waals surface area contributed by atoms with Gasteiger partial charge in [0.05, 0.1) is 17.6 Å². The lowest BCUT2D eigenvalue weighted by molar-refractivity contribution is -0.388. The Morgan fingerprint density at radius 1 is 1.00 bits per heavy atom. The molecule has 2 aliphatic rings. The van der Waals surface area contributed by atoms with Gasteiger partial charge in [-0.2, -0.15) is 13.2 Å². The average molecular weight is 518 g/mol. The first kappa shape index (κ1) is 26.2. The van der Waals surface area contributed by atoms with Gasteiger partial charge in [0, 0.05) is 56.7 Å². The minimum absolute atomic E-state index is 0.0554. The van der Waals surface area contributed by atoms with Crippen molar-refractivity contribution >= 4 is 28.7 Å². The minimum Gasteiger partial charge on any atom is -0.371 e. The van der Waals surface area contributed by atoms with Crippen LogP contribution < -0.4 is 9.80 Å². The Morgan fingerprint density at radius 3 is 2.16 bits per heavy atom. The maximum Gasteiger partial charge on any atom is 0.423 e. The van der Waals surface area contributed by atoms with E-state index in [-0.39, 0.29) is 24.3 Å². The predicted octanol–water partition coefficient (Wildman–Crippen LogP) is 4.50. The SMILES string of the molecule is [C-]#[N+]c1ccc(N2CCN(C(=O)COC3CCN(c4ccc([N+](=O)[O-])c(C(F)(F)F)c4)CC3)CC2)cc1. The summed E-state index contributed by atoms with van der Waals surface area (Å²) in [4.78, 5) is 31.6. The first-order chi connectivity index (χ1) is 17.7. The summed E-state index contributed by atoms with van der Waals surface area (Å²) in [6, 6.07) is 10.4. The van der Waals surface area contributed by atoms with Crippen LogP contribution in [0, 0.1) is 16.7 Å². The van der Waals surface area contributed by atoms with Gasteiger partial charge in [0.25, 0.3) is 5.69 Å². The van der Waals surface area contributed by atoms with E-state index in [4.69, 9.17) is 11.3 Å².